The molecule has 1 aromatic rings. The van der Waals surface area contributed by atoms with Crippen LogP contribution >= 0.6 is 0 Å². The molecule has 3 fully saturated rings. The number of nitrogens with zero attached hydrogens (tertiary/aromatic N) is 3. The molecule has 31 heavy (non-hydrogen) atoms. The number of anilines is 1. The molecule has 0 radical (unpaired) electrons. The number of ether oxygens (including phenoxy) is 2. The Hall–Kier alpha value is -1.86. The maximum Gasteiger partial charge on any atom is 0.220 e. The van der Waals surface area contributed by atoms with Gasteiger partial charge < -0.3 is 19.7 Å². The molecule has 3 aliphatic heterocycles. The molecular formula is C24H36N4O3. The van der Waals surface area contributed by atoms with E-state index in [4.69, 9.17) is 9.47 Å². The molecule has 1 saturated carbocycles. The van der Waals surface area contributed by atoms with Crippen molar-refractivity contribution in [1.29, 1.82) is 0 Å². The highest BCUT2D eigenvalue weighted by molar-refractivity contribution is 5.76. The fourth-order valence-electron chi connectivity index (χ4n) is 5.41. The number of rotatable bonds is 7. The Morgan fingerprint density at radius 2 is 1.90 bits per heavy atom. The second kappa shape index (κ2) is 9.74. The summed E-state index contributed by atoms with van der Waals surface area (Å²) in [6, 6.07) is 2.47. The smallest absolute Gasteiger partial charge is 0.220 e. The lowest BCUT2D eigenvalue weighted by Crippen LogP contribution is -2.47. The van der Waals surface area contributed by atoms with Crippen LogP contribution in [-0.2, 0) is 16.0 Å². The maximum absolute atomic E-state index is 12.1. The first-order valence-corrected chi connectivity index (χ1v) is 12.2. The fraction of sp³-hybridized carbons (Fsp3) is 0.750. The van der Waals surface area contributed by atoms with E-state index in [2.05, 4.69) is 26.2 Å². The van der Waals surface area contributed by atoms with E-state index in [9.17, 15) is 4.79 Å². The van der Waals surface area contributed by atoms with Crippen molar-refractivity contribution in [3.8, 4) is 5.75 Å². The van der Waals surface area contributed by atoms with Crippen molar-refractivity contribution >= 4 is 11.7 Å². The molecule has 0 atom stereocenters. The van der Waals surface area contributed by atoms with Gasteiger partial charge in [-0.1, -0.05) is 0 Å². The van der Waals surface area contributed by atoms with Crippen molar-refractivity contribution in [3.63, 3.8) is 0 Å². The van der Waals surface area contributed by atoms with Gasteiger partial charge in [-0.2, -0.15) is 0 Å². The summed E-state index contributed by atoms with van der Waals surface area (Å²) in [5, 5.41) is 3.26. The minimum absolute atomic E-state index is 0.221. The van der Waals surface area contributed by atoms with Gasteiger partial charge in [0, 0.05) is 62.7 Å². The molecular weight excluding hydrogens is 392 g/mol. The van der Waals surface area contributed by atoms with Crippen molar-refractivity contribution in [2.75, 3.05) is 57.4 Å². The Labute approximate surface area is 185 Å². The van der Waals surface area contributed by atoms with E-state index in [-0.39, 0.29) is 5.91 Å². The Bertz CT molecular complexity index is 753. The van der Waals surface area contributed by atoms with E-state index >= 15 is 0 Å². The Kier molecular flexibility index (Phi) is 6.60. The second-order valence-corrected chi connectivity index (χ2v) is 9.73. The molecule has 0 bridgehead atoms. The van der Waals surface area contributed by atoms with E-state index in [1.54, 1.807) is 0 Å². The van der Waals surface area contributed by atoms with Gasteiger partial charge in [0.15, 0.2) is 11.6 Å². The minimum atomic E-state index is 0.221. The summed E-state index contributed by atoms with van der Waals surface area (Å²) in [7, 11) is 0. The van der Waals surface area contributed by atoms with Crippen LogP contribution < -0.4 is 15.0 Å². The van der Waals surface area contributed by atoms with Crippen LogP contribution in [0.25, 0.3) is 0 Å². The predicted molar refractivity (Wildman–Crippen MR) is 120 cm³/mol. The fourth-order valence-corrected chi connectivity index (χ4v) is 5.41. The van der Waals surface area contributed by atoms with Crippen LogP contribution in [0.3, 0.4) is 0 Å². The van der Waals surface area contributed by atoms with Gasteiger partial charge in [0.2, 0.25) is 5.91 Å². The summed E-state index contributed by atoms with van der Waals surface area (Å²) in [6.07, 6.45) is 9.61. The third-order valence-electron chi connectivity index (χ3n) is 7.50. The molecule has 0 aromatic carbocycles. The van der Waals surface area contributed by atoms with Gasteiger partial charge in [-0.25, -0.2) is 4.98 Å². The van der Waals surface area contributed by atoms with Crippen molar-refractivity contribution in [2.45, 2.75) is 51.0 Å². The van der Waals surface area contributed by atoms with Crippen LogP contribution in [-0.4, -0.2) is 74.4 Å². The number of nitrogens with one attached hydrogen (secondary N) is 1. The maximum atomic E-state index is 12.1. The molecule has 1 N–H and O–H groups in total. The van der Waals surface area contributed by atoms with E-state index in [1.807, 2.05) is 6.20 Å². The van der Waals surface area contributed by atoms with Gasteiger partial charge in [-0.15, -0.1) is 0 Å². The largest absolute Gasteiger partial charge is 0.489 e. The molecule has 7 nitrogen and oxygen atoms in total. The highest BCUT2D eigenvalue weighted by Crippen LogP contribution is 2.34. The zero-order valence-electron chi connectivity index (χ0n) is 18.6. The first-order chi connectivity index (χ1) is 15.2. The number of carbonyl (C=O) groups excluding carboxylic acids is 1. The first kappa shape index (κ1) is 21.0. The standard InChI is InChI=1S/C24H36N4O3/c29-22(15-19-16-30-17-19)26-21-3-1-18(2-4-21)6-9-27-10-12-28(13-11-27)24-23-20(5-8-25-24)7-14-31-23/h5,8,18-19,21H,1-4,6-7,9-17H2,(H,26,29). The molecule has 0 spiro atoms. The number of pyridine rings is 1. The third-order valence-corrected chi connectivity index (χ3v) is 7.50. The Morgan fingerprint density at radius 1 is 1.10 bits per heavy atom. The predicted octanol–water partition coefficient (Wildman–Crippen LogP) is 2.24. The van der Waals surface area contributed by atoms with E-state index in [0.29, 0.717) is 18.4 Å². The lowest BCUT2D eigenvalue weighted by atomic mass is 9.84. The van der Waals surface area contributed by atoms with E-state index in [0.717, 1.165) is 82.7 Å². The monoisotopic (exact) mass is 428 g/mol. The first-order valence-electron chi connectivity index (χ1n) is 12.2. The second-order valence-electron chi connectivity index (χ2n) is 9.73. The van der Waals surface area contributed by atoms with Gasteiger partial charge in [0.25, 0.3) is 0 Å². The van der Waals surface area contributed by atoms with Crippen molar-refractivity contribution in [1.82, 2.24) is 15.2 Å². The Morgan fingerprint density at radius 3 is 2.65 bits per heavy atom. The quantitative estimate of drug-likeness (QED) is 0.719. The molecule has 170 valence electrons. The van der Waals surface area contributed by atoms with Crippen LogP contribution in [0.4, 0.5) is 5.82 Å². The highest BCUT2D eigenvalue weighted by atomic mass is 16.5. The summed E-state index contributed by atoms with van der Waals surface area (Å²) in [5.74, 6) is 3.53. The summed E-state index contributed by atoms with van der Waals surface area (Å²) in [4.78, 5) is 21.7. The average molecular weight is 429 g/mol. The molecule has 1 amide bonds. The third kappa shape index (κ3) is 5.14. The number of amides is 1. The van der Waals surface area contributed by atoms with E-state index < -0.39 is 0 Å². The zero-order valence-corrected chi connectivity index (χ0v) is 18.6. The zero-order chi connectivity index (χ0) is 21.0. The molecule has 4 heterocycles. The summed E-state index contributed by atoms with van der Waals surface area (Å²) in [6.45, 7) is 7.74. The number of piperazine rings is 1. The number of carbonyl (C=O) groups is 1. The minimum Gasteiger partial charge on any atom is -0.489 e. The summed E-state index contributed by atoms with van der Waals surface area (Å²) < 4.78 is 11.0. The lowest BCUT2D eigenvalue weighted by Gasteiger charge is -2.37. The van der Waals surface area contributed by atoms with Gasteiger partial charge in [0.05, 0.1) is 19.8 Å². The van der Waals surface area contributed by atoms with Crippen LogP contribution in [0.2, 0.25) is 0 Å². The number of fused-ring (bicyclic) bond motifs is 1. The summed E-state index contributed by atoms with van der Waals surface area (Å²) in [5.41, 5.74) is 1.30. The number of hydrogen-bond donors (Lipinski definition) is 1. The molecule has 5 rings (SSSR count). The topological polar surface area (TPSA) is 66.9 Å². The highest BCUT2D eigenvalue weighted by Gasteiger charge is 2.27. The molecule has 1 aliphatic carbocycles. The number of aromatic nitrogens is 1. The van der Waals surface area contributed by atoms with Gasteiger partial charge in [-0.3, -0.25) is 9.69 Å². The molecule has 7 heteroatoms. The van der Waals surface area contributed by atoms with Gasteiger partial charge in [-0.05, 0) is 50.6 Å². The SMILES string of the molecule is O=C(CC1COC1)NC1CCC(CCN2CCN(c3nccc4c3OCC4)CC2)CC1. The van der Waals surface area contributed by atoms with Crippen molar-refractivity contribution in [3.05, 3.63) is 17.8 Å². The Balaban J connectivity index is 0.995. The molecule has 0 unspecified atom stereocenters. The number of hydrogen-bond acceptors (Lipinski definition) is 6. The van der Waals surface area contributed by atoms with Crippen molar-refractivity contribution in [2.24, 2.45) is 11.8 Å². The van der Waals surface area contributed by atoms with Crippen LogP contribution in [0.5, 0.6) is 5.75 Å². The lowest BCUT2D eigenvalue weighted by molar-refractivity contribution is -0.127. The van der Waals surface area contributed by atoms with Crippen LogP contribution in [0.15, 0.2) is 12.3 Å². The van der Waals surface area contributed by atoms with Crippen molar-refractivity contribution < 1.29 is 14.3 Å². The summed E-state index contributed by atoms with van der Waals surface area (Å²) >= 11 is 0. The molecule has 1 aromatic heterocycles. The molecule has 2 saturated heterocycles. The van der Waals surface area contributed by atoms with E-state index in [1.165, 1.54) is 31.4 Å². The molecule has 4 aliphatic rings. The average Bonchev–Trinajstić information content (AvgIpc) is 3.25. The van der Waals surface area contributed by atoms with Crippen LogP contribution in [0.1, 0.15) is 44.1 Å². The van der Waals surface area contributed by atoms with Gasteiger partial charge >= 0.3 is 0 Å². The van der Waals surface area contributed by atoms with Crippen LogP contribution in [0, 0.1) is 11.8 Å². The van der Waals surface area contributed by atoms with Gasteiger partial charge in [0.1, 0.15) is 0 Å². The normalized spacial score (nSPS) is 26.8.